The summed E-state index contributed by atoms with van der Waals surface area (Å²) in [5.41, 5.74) is 0.728. The molecule has 32 heavy (non-hydrogen) atoms. The maximum Gasteiger partial charge on any atom is 0.239 e. The molecule has 0 saturated carbocycles. The number of carbonyl (C=O) groups is 1. The molecule has 0 bridgehead atoms. The Bertz CT molecular complexity index is 1060. The second kappa shape index (κ2) is 9.75. The van der Waals surface area contributed by atoms with E-state index in [9.17, 15) is 4.79 Å². The van der Waals surface area contributed by atoms with Gasteiger partial charge in [-0.05, 0) is 31.3 Å². The fourth-order valence-corrected chi connectivity index (χ4v) is 3.52. The number of amides is 1. The summed E-state index contributed by atoms with van der Waals surface area (Å²) in [5, 5.41) is 7.18. The van der Waals surface area contributed by atoms with E-state index in [4.69, 9.17) is 9.47 Å². The van der Waals surface area contributed by atoms with Gasteiger partial charge in [0.05, 0.1) is 20.8 Å². The number of carbonyl (C=O) groups excluding carboxylic acids is 1. The Morgan fingerprint density at radius 1 is 1.06 bits per heavy atom. The molecule has 1 saturated heterocycles. The number of rotatable bonds is 7. The molecule has 1 aliphatic rings. The normalized spacial score (nSPS) is 14.8. The summed E-state index contributed by atoms with van der Waals surface area (Å²) in [6.45, 7) is 3.95. The molecule has 168 valence electrons. The number of hydrogen-bond acceptors (Lipinski definition) is 8. The topological polar surface area (TPSA) is 97.6 Å². The summed E-state index contributed by atoms with van der Waals surface area (Å²) in [7, 11) is 5.25. The van der Waals surface area contributed by atoms with Gasteiger partial charge in [-0.25, -0.2) is 14.6 Å². The molecule has 10 heteroatoms. The largest absolute Gasteiger partial charge is 0.493 e. The van der Waals surface area contributed by atoms with Crippen LogP contribution in [0.4, 0.5) is 5.82 Å². The lowest BCUT2D eigenvalue weighted by Gasteiger charge is -2.31. The van der Waals surface area contributed by atoms with Crippen LogP contribution >= 0.6 is 0 Å². The van der Waals surface area contributed by atoms with Crippen LogP contribution in [0.15, 0.2) is 42.7 Å². The van der Waals surface area contributed by atoms with E-state index in [0.29, 0.717) is 35.5 Å². The molecular weight excluding hydrogens is 410 g/mol. The lowest BCUT2D eigenvalue weighted by atomic mass is 10.2. The minimum Gasteiger partial charge on any atom is -0.493 e. The Balaban J connectivity index is 1.61. The van der Waals surface area contributed by atoms with Crippen molar-refractivity contribution in [2.75, 3.05) is 59.3 Å². The van der Waals surface area contributed by atoms with Crippen LogP contribution in [0.3, 0.4) is 0 Å². The number of aromatic nitrogens is 4. The third kappa shape index (κ3) is 5.04. The van der Waals surface area contributed by atoms with Gasteiger partial charge in [-0.15, -0.1) is 0 Å². The number of ether oxygens (including phenoxy) is 2. The summed E-state index contributed by atoms with van der Waals surface area (Å²) < 4.78 is 12.4. The molecule has 0 aliphatic carbocycles. The minimum absolute atomic E-state index is 0.113. The van der Waals surface area contributed by atoms with E-state index in [1.165, 1.54) is 0 Å². The Morgan fingerprint density at radius 3 is 2.53 bits per heavy atom. The van der Waals surface area contributed by atoms with Crippen molar-refractivity contribution in [3.05, 3.63) is 42.7 Å². The summed E-state index contributed by atoms with van der Waals surface area (Å²) >= 11 is 0. The van der Waals surface area contributed by atoms with E-state index in [-0.39, 0.29) is 5.91 Å². The zero-order valence-corrected chi connectivity index (χ0v) is 18.5. The zero-order valence-electron chi connectivity index (χ0n) is 18.5. The van der Waals surface area contributed by atoms with Crippen molar-refractivity contribution in [3.8, 4) is 28.7 Å². The molecule has 1 N–H and O–H groups in total. The number of methoxy groups -OCH3 is 2. The highest BCUT2D eigenvalue weighted by Gasteiger charge is 2.18. The average molecular weight is 438 g/mol. The lowest BCUT2D eigenvalue weighted by molar-refractivity contribution is -0.117. The average Bonchev–Trinajstić information content (AvgIpc) is 3.35. The monoisotopic (exact) mass is 437 g/mol. The first-order valence-corrected chi connectivity index (χ1v) is 10.4. The van der Waals surface area contributed by atoms with Gasteiger partial charge in [0.1, 0.15) is 5.82 Å². The number of piperazine rings is 1. The molecule has 0 radical (unpaired) electrons. The lowest BCUT2D eigenvalue weighted by Crippen LogP contribution is -2.47. The van der Waals surface area contributed by atoms with E-state index in [2.05, 4.69) is 37.2 Å². The van der Waals surface area contributed by atoms with E-state index >= 15 is 0 Å². The highest BCUT2D eigenvalue weighted by atomic mass is 16.5. The SMILES string of the molecule is COc1ccc(-c2nc(NC(=O)CN3CCN(C)CC3)cc(-n3cccn3)n2)cc1OC. The Morgan fingerprint density at radius 2 is 1.84 bits per heavy atom. The molecular formula is C22H27N7O3. The van der Waals surface area contributed by atoms with E-state index in [1.54, 1.807) is 49.5 Å². The van der Waals surface area contributed by atoms with Crippen molar-refractivity contribution < 1.29 is 14.3 Å². The molecule has 0 spiro atoms. The molecule has 2 aromatic heterocycles. The standard InChI is InChI=1S/C22H27N7O3/c1-27-9-11-28(12-10-27)15-21(30)24-19-14-20(29-8-4-7-23-29)26-22(25-19)16-5-6-17(31-2)18(13-16)32-3/h4-8,13-14H,9-12,15H2,1-3H3,(H,24,25,26,30). The van der Waals surface area contributed by atoms with Gasteiger partial charge >= 0.3 is 0 Å². The highest BCUT2D eigenvalue weighted by molar-refractivity contribution is 5.91. The van der Waals surface area contributed by atoms with Crippen molar-refractivity contribution in [2.24, 2.45) is 0 Å². The van der Waals surface area contributed by atoms with Crippen molar-refractivity contribution in [1.29, 1.82) is 0 Å². The summed E-state index contributed by atoms with van der Waals surface area (Å²) in [5.74, 6) is 2.46. The molecule has 1 aliphatic heterocycles. The Hall–Kier alpha value is -3.50. The summed E-state index contributed by atoms with van der Waals surface area (Å²) in [6, 6.07) is 8.96. The van der Waals surface area contributed by atoms with E-state index in [1.807, 2.05) is 12.1 Å². The van der Waals surface area contributed by atoms with Crippen LogP contribution in [-0.4, -0.2) is 89.4 Å². The van der Waals surface area contributed by atoms with Crippen LogP contribution in [0.1, 0.15) is 0 Å². The van der Waals surface area contributed by atoms with Gasteiger partial charge in [-0.2, -0.15) is 5.10 Å². The van der Waals surface area contributed by atoms with Crippen LogP contribution in [-0.2, 0) is 4.79 Å². The first-order valence-electron chi connectivity index (χ1n) is 10.4. The van der Waals surface area contributed by atoms with Crippen LogP contribution in [0.5, 0.6) is 11.5 Å². The highest BCUT2D eigenvalue weighted by Crippen LogP contribution is 2.31. The minimum atomic E-state index is -0.113. The molecule has 4 rings (SSSR count). The molecule has 0 atom stereocenters. The number of nitrogens with one attached hydrogen (secondary N) is 1. The molecule has 10 nitrogen and oxygen atoms in total. The van der Waals surface area contributed by atoms with Crippen LogP contribution in [0.25, 0.3) is 17.2 Å². The predicted molar refractivity (Wildman–Crippen MR) is 120 cm³/mol. The third-order valence-corrected chi connectivity index (χ3v) is 5.32. The van der Waals surface area contributed by atoms with Gasteiger partial charge in [0.15, 0.2) is 23.1 Å². The quantitative estimate of drug-likeness (QED) is 0.594. The van der Waals surface area contributed by atoms with Gasteiger partial charge in [0, 0.05) is 50.2 Å². The van der Waals surface area contributed by atoms with Crippen LogP contribution in [0.2, 0.25) is 0 Å². The van der Waals surface area contributed by atoms with E-state index in [0.717, 1.165) is 31.7 Å². The smallest absolute Gasteiger partial charge is 0.239 e. The Labute approximate surface area is 186 Å². The first kappa shape index (κ1) is 21.7. The molecule has 1 amide bonds. The Kier molecular flexibility index (Phi) is 6.62. The van der Waals surface area contributed by atoms with Crippen molar-refractivity contribution in [1.82, 2.24) is 29.5 Å². The molecule has 3 aromatic rings. The van der Waals surface area contributed by atoms with Gasteiger partial charge < -0.3 is 19.7 Å². The third-order valence-electron chi connectivity index (χ3n) is 5.32. The van der Waals surface area contributed by atoms with Crippen LogP contribution in [0, 0.1) is 0 Å². The molecule has 3 heterocycles. The second-order valence-corrected chi connectivity index (χ2v) is 7.58. The van der Waals surface area contributed by atoms with Crippen LogP contribution < -0.4 is 14.8 Å². The maximum absolute atomic E-state index is 12.7. The van der Waals surface area contributed by atoms with Crippen molar-refractivity contribution in [2.45, 2.75) is 0 Å². The van der Waals surface area contributed by atoms with Crippen molar-refractivity contribution >= 4 is 11.7 Å². The van der Waals surface area contributed by atoms with Gasteiger partial charge in [0.25, 0.3) is 0 Å². The van der Waals surface area contributed by atoms with Gasteiger partial charge in [-0.1, -0.05) is 0 Å². The zero-order chi connectivity index (χ0) is 22.5. The van der Waals surface area contributed by atoms with E-state index < -0.39 is 0 Å². The first-order chi connectivity index (χ1) is 15.6. The molecule has 1 fully saturated rings. The van der Waals surface area contributed by atoms with Crippen molar-refractivity contribution in [3.63, 3.8) is 0 Å². The fraction of sp³-hybridized carbons (Fsp3) is 0.364. The van der Waals surface area contributed by atoms with Gasteiger partial charge in [-0.3, -0.25) is 9.69 Å². The summed E-state index contributed by atoms with van der Waals surface area (Å²) in [6.07, 6.45) is 3.46. The second-order valence-electron chi connectivity index (χ2n) is 7.58. The number of hydrogen-bond donors (Lipinski definition) is 1. The van der Waals surface area contributed by atoms with Gasteiger partial charge in [0.2, 0.25) is 5.91 Å². The maximum atomic E-state index is 12.7. The molecule has 0 unspecified atom stereocenters. The number of benzene rings is 1. The predicted octanol–water partition coefficient (Wildman–Crippen LogP) is 1.53. The fourth-order valence-electron chi connectivity index (χ4n) is 3.52. The summed E-state index contributed by atoms with van der Waals surface area (Å²) in [4.78, 5) is 26.3. The molecule has 1 aromatic carbocycles. The number of likely N-dealkylation sites (N-methyl/N-ethyl adjacent to an activating group) is 1. The number of anilines is 1. The number of nitrogens with zero attached hydrogens (tertiary/aromatic N) is 6.